The van der Waals surface area contributed by atoms with Gasteiger partial charge in [-0.15, -0.1) is 0 Å². The molecule has 0 unspecified atom stereocenters. The Balaban J connectivity index is 3.27. The third-order valence-corrected chi connectivity index (χ3v) is 4.01. The van der Waals surface area contributed by atoms with Crippen molar-refractivity contribution in [1.29, 1.82) is 0 Å². The number of aliphatic carboxylic acids is 3. The molecule has 0 aliphatic carbocycles. The van der Waals surface area contributed by atoms with Crippen LogP contribution in [0.25, 0.3) is 10.4 Å². The van der Waals surface area contributed by atoms with Crippen LogP contribution in [0, 0.1) is 11.8 Å². The molecule has 1 fully saturated rings. The summed E-state index contributed by atoms with van der Waals surface area (Å²) in [6, 6.07) is -1.15. The van der Waals surface area contributed by atoms with Crippen LogP contribution in [-0.4, -0.2) is 64.1 Å². The standard InChI is InChI=1S/C14H19N3O9/c1-6(18)25-5-10-8(3-12(21)22)14(16-17-15)7(2-11(19)20)9(26-10)4-13(23)24/h7-10,14H,2-5H2,1H3,(H,19,20)(H,21,22)(H,23,24)/t7-,8-,9-,10-,14-/m0/s1. The highest BCUT2D eigenvalue weighted by Gasteiger charge is 2.47. The molecule has 1 aliphatic heterocycles. The second-order valence-corrected chi connectivity index (χ2v) is 5.83. The SMILES string of the molecule is CC(=O)OC[C@@H]1O[C@@H](CC(=O)O)[C@H](CC(=O)O)[C@H](N=[N+]=[N-])[C@H]1CC(=O)O. The maximum absolute atomic E-state index is 11.2. The van der Waals surface area contributed by atoms with E-state index >= 15 is 0 Å². The number of hydrogen-bond donors (Lipinski definition) is 3. The molecule has 12 nitrogen and oxygen atoms in total. The number of rotatable bonds is 9. The van der Waals surface area contributed by atoms with E-state index in [-0.39, 0.29) is 6.61 Å². The molecule has 0 radical (unpaired) electrons. The van der Waals surface area contributed by atoms with Crippen LogP contribution in [0.3, 0.4) is 0 Å². The summed E-state index contributed by atoms with van der Waals surface area (Å²) < 4.78 is 10.4. The Morgan fingerprint density at radius 3 is 1.92 bits per heavy atom. The third kappa shape index (κ3) is 6.22. The van der Waals surface area contributed by atoms with E-state index in [9.17, 15) is 19.2 Å². The van der Waals surface area contributed by atoms with E-state index in [0.29, 0.717) is 0 Å². The maximum Gasteiger partial charge on any atom is 0.305 e. The van der Waals surface area contributed by atoms with Gasteiger partial charge in [0.25, 0.3) is 0 Å². The van der Waals surface area contributed by atoms with Crippen molar-refractivity contribution in [3.05, 3.63) is 10.4 Å². The molecule has 1 saturated heterocycles. The van der Waals surface area contributed by atoms with Crippen LogP contribution in [0.2, 0.25) is 0 Å². The Bertz CT molecular complexity index is 617. The fraction of sp³-hybridized carbons (Fsp3) is 0.714. The molecular formula is C14H19N3O9. The molecule has 0 saturated carbocycles. The highest BCUT2D eigenvalue weighted by Crippen LogP contribution is 2.38. The van der Waals surface area contributed by atoms with Crippen LogP contribution in [0.1, 0.15) is 26.2 Å². The first-order valence-corrected chi connectivity index (χ1v) is 7.64. The first kappa shape index (κ1) is 21.2. The zero-order valence-corrected chi connectivity index (χ0v) is 13.8. The van der Waals surface area contributed by atoms with Crippen molar-refractivity contribution in [3.8, 4) is 0 Å². The predicted molar refractivity (Wildman–Crippen MR) is 82.0 cm³/mol. The fourth-order valence-corrected chi connectivity index (χ4v) is 3.06. The van der Waals surface area contributed by atoms with Crippen LogP contribution in [0.4, 0.5) is 0 Å². The number of carboxylic acid groups (broad SMARTS) is 3. The lowest BCUT2D eigenvalue weighted by Crippen LogP contribution is -2.53. The highest BCUT2D eigenvalue weighted by molar-refractivity contribution is 5.70. The Morgan fingerprint density at radius 1 is 1.00 bits per heavy atom. The van der Waals surface area contributed by atoms with Crippen molar-refractivity contribution in [2.45, 2.75) is 44.4 Å². The van der Waals surface area contributed by atoms with E-state index in [0.717, 1.165) is 6.92 Å². The molecule has 3 N–H and O–H groups in total. The van der Waals surface area contributed by atoms with Crippen molar-refractivity contribution < 1.29 is 44.0 Å². The van der Waals surface area contributed by atoms with E-state index in [1.807, 2.05) is 0 Å². The smallest absolute Gasteiger partial charge is 0.305 e. The summed E-state index contributed by atoms with van der Waals surface area (Å²) in [7, 11) is 0. The van der Waals surface area contributed by atoms with Crippen LogP contribution < -0.4 is 0 Å². The second-order valence-electron chi connectivity index (χ2n) is 5.83. The van der Waals surface area contributed by atoms with Crippen molar-refractivity contribution in [2.75, 3.05) is 6.61 Å². The summed E-state index contributed by atoms with van der Waals surface area (Å²) in [5.74, 6) is -6.50. The van der Waals surface area contributed by atoms with Crippen LogP contribution in [0.15, 0.2) is 5.11 Å². The van der Waals surface area contributed by atoms with Gasteiger partial charge < -0.3 is 24.8 Å². The molecule has 26 heavy (non-hydrogen) atoms. The number of carbonyl (C=O) groups excluding carboxylic acids is 1. The summed E-state index contributed by atoms with van der Waals surface area (Å²) in [4.78, 5) is 47.1. The molecule has 0 aromatic heterocycles. The van der Waals surface area contributed by atoms with Gasteiger partial charge >= 0.3 is 23.9 Å². The van der Waals surface area contributed by atoms with Gasteiger partial charge in [0, 0.05) is 29.7 Å². The second kappa shape index (κ2) is 9.59. The lowest BCUT2D eigenvalue weighted by atomic mass is 9.75. The molecule has 1 rings (SSSR count). The molecule has 0 spiro atoms. The van der Waals surface area contributed by atoms with Crippen LogP contribution in [-0.2, 0) is 28.7 Å². The van der Waals surface area contributed by atoms with Gasteiger partial charge in [-0.2, -0.15) is 0 Å². The summed E-state index contributed by atoms with van der Waals surface area (Å²) in [5, 5.41) is 30.8. The monoisotopic (exact) mass is 373 g/mol. The molecule has 5 atom stereocenters. The average molecular weight is 373 g/mol. The number of carboxylic acids is 3. The zero-order valence-electron chi connectivity index (χ0n) is 13.8. The summed E-state index contributed by atoms with van der Waals surface area (Å²) in [6.45, 7) is 0.753. The minimum Gasteiger partial charge on any atom is -0.481 e. The third-order valence-electron chi connectivity index (χ3n) is 4.01. The first-order chi connectivity index (χ1) is 12.1. The summed E-state index contributed by atoms with van der Waals surface area (Å²) in [6.07, 6.45) is -3.89. The molecule has 0 aromatic carbocycles. The molecule has 1 aliphatic rings. The topological polar surface area (TPSA) is 196 Å². The number of nitrogens with zero attached hydrogens (tertiary/aromatic N) is 3. The Kier molecular flexibility index (Phi) is 7.81. The number of azide groups is 1. The van der Waals surface area contributed by atoms with E-state index < -0.39 is 73.2 Å². The molecule has 0 bridgehead atoms. The van der Waals surface area contributed by atoms with Gasteiger partial charge in [0.05, 0.1) is 31.5 Å². The van der Waals surface area contributed by atoms with Crippen molar-refractivity contribution >= 4 is 23.9 Å². The van der Waals surface area contributed by atoms with E-state index in [2.05, 4.69) is 10.0 Å². The van der Waals surface area contributed by atoms with Gasteiger partial charge in [0.2, 0.25) is 0 Å². The lowest BCUT2D eigenvalue weighted by molar-refractivity contribution is -0.179. The zero-order chi connectivity index (χ0) is 19.9. The van der Waals surface area contributed by atoms with Gasteiger partial charge in [0.1, 0.15) is 6.61 Å². The number of carbonyl (C=O) groups is 4. The summed E-state index contributed by atoms with van der Waals surface area (Å²) >= 11 is 0. The first-order valence-electron chi connectivity index (χ1n) is 7.64. The van der Waals surface area contributed by atoms with Gasteiger partial charge in [-0.05, 0) is 5.53 Å². The van der Waals surface area contributed by atoms with E-state index in [1.165, 1.54) is 0 Å². The fourth-order valence-electron chi connectivity index (χ4n) is 3.06. The van der Waals surface area contributed by atoms with Gasteiger partial charge in [-0.3, -0.25) is 19.2 Å². The van der Waals surface area contributed by atoms with E-state index in [4.69, 9.17) is 30.3 Å². The molecule has 1 heterocycles. The number of ether oxygens (including phenoxy) is 2. The van der Waals surface area contributed by atoms with Gasteiger partial charge in [-0.1, -0.05) is 5.11 Å². The van der Waals surface area contributed by atoms with Crippen molar-refractivity contribution in [1.82, 2.24) is 0 Å². The molecule has 0 aromatic rings. The van der Waals surface area contributed by atoms with Crippen molar-refractivity contribution in [2.24, 2.45) is 17.0 Å². The highest BCUT2D eigenvalue weighted by atomic mass is 16.6. The van der Waals surface area contributed by atoms with Crippen molar-refractivity contribution in [3.63, 3.8) is 0 Å². The Hall–Kier alpha value is -2.85. The maximum atomic E-state index is 11.2. The van der Waals surface area contributed by atoms with Gasteiger partial charge in [0.15, 0.2) is 0 Å². The van der Waals surface area contributed by atoms with Crippen LogP contribution >= 0.6 is 0 Å². The number of esters is 1. The van der Waals surface area contributed by atoms with Crippen LogP contribution in [0.5, 0.6) is 0 Å². The predicted octanol–water partition coefficient (Wildman–Crippen LogP) is 0.652. The molecule has 0 amide bonds. The normalized spacial score (nSPS) is 27.8. The summed E-state index contributed by atoms with van der Waals surface area (Å²) in [5.41, 5.74) is 8.82. The molecule has 144 valence electrons. The van der Waals surface area contributed by atoms with Gasteiger partial charge in [-0.25, -0.2) is 0 Å². The minimum absolute atomic E-state index is 0.374. The lowest BCUT2D eigenvalue weighted by Gasteiger charge is -2.44. The Morgan fingerprint density at radius 2 is 1.50 bits per heavy atom. The average Bonchev–Trinajstić information content (AvgIpc) is 2.50. The quantitative estimate of drug-likeness (QED) is 0.225. The number of hydrogen-bond acceptors (Lipinski definition) is 7. The molecule has 12 heteroatoms. The Labute approximate surface area is 147 Å². The molecular weight excluding hydrogens is 354 g/mol. The van der Waals surface area contributed by atoms with E-state index in [1.54, 1.807) is 0 Å². The minimum atomic E-state index is -1.28. The largest absolute Gasteiger partial charge is 0.481 e.